The predicted molar refractivity (Wildman–Crippen MR) is 91.9 cm³/mol. The summed E-state index contributed by atoms with van der Waals surface area (Å²) in [6.45, 7) is 11.5. The van der Waals surface area contributed by atoms with Gasteiger partial charge in [-0.15, -0.1) is 0 Å². The van der Waals surface area contributed by atoms with Crippen molar-refractivity contribution in [2.75, 3.05) is 6.54 Å². The molecule has 0 bridgehead atoms. The van der Waals surface area contributed by atoms with Crippen molar-refractivity contribution in [1.29, 1.82) is 0 Å². The number of fused-ring (bicyclic) bond motifs is 1. The van der Waals surface area contributed by atoms with Crippen LogP contribution in [0.3, 0.4) is 0 Å². The first-order valence-electron chi connectivity index (χ1n) is 8.72. The Hall–Kier alpha value is -2.41. The van der Waals surface area contributed by atoms with Gasteiger partial charge in [-0.1, -0.05) is 5.16 Å². The third-order valence-corrected chi connectivity index (χ3v) is 4.90. The van der Waals surface area contributed by atoms with Crippen LogP contribution in [0.4, 0.5) is 0 Å². The average Bonchev–Trinajstić information content (AvgIpc) is 3.27. The van der Waals surface area contributed by atoms with Crippen LogP contribution in [0.5, 0.6) is 0 Å². The van der Waals surface area contributed by atoms with Crippen molar-refractivity contribution in [3.8, 4) is 11.6 Å². The molecule has 1 aliphatic heterocycles. The first-order chi connectivity index (χ1) is 12.1. The molecule has 0 aromatic carbocycles. The topological polar surface area (TPSA) is 73.1 Å². The zero-order valence-corrected chi connectivity index (χ0v) is 15.2. The van der Waals surface area contributed by atoms with Gasteiger partial charge >= 0.3 is 0 Å². The van der Waals surface area contributed by atoms with E-state index >= 15 is 0 Å². The molecule has 4 heterocycles. The van der Waals surface area contributed by atoms with E-state index in [-0.39, 0.29) is 0 Å². The van der Waals surface area contributed by atoms with Crippen LogP contribution in [0.1, 0.15) is 41.0 Å². The highest BCUT2D eigenvalue weighted by atomic mass is 16.5. The molecule has 0 fully saturated rings. The maximum Gasteiger partial charge on any atom is 0.247 e. The smallest absolute Gasteiger partial charge is 0.247 e. The van der Waals surface area contributed by atoms with Gasteiger partial charge in [-0.2, -0.15) is 5.10 Å². The molecule has 25 heavy (non-hydrogen) atoms. The molecule has 0 aliphatic carbocycles. The van der Waals surface area contributed by atoms with E-state index in [0.717, 1.165) is 55.5 Å². The van der Waals surface area contributed by atoms with E-state index in [9.17, 15) is 0 Å². The fourth-order valence-corrected chi connectivity index (χ4v) is 3.53. The Bertz CT molecular complexity index is 885. The molecule has 0 spiro atoms. The van der Waals surface area contributed by atoms with Crippen LogP contribution in [0.15, 0.2) is 15.1 Å². The Balaban J connectivity index is 1.66. The minimum atomic E-state index is 0.611. The second-order valence-corrected chi connectivity index (χ2v) is 6.63. The molecule has 0 radical (unpaired) electrons. The minimum Gasteiger partial charge on any atom is -0.440 e. The fraction of sp³-hybridized carbons (Fsp3) is 0.500. The monoisotopic (exact) mass is 341 g/mol. The van der Waals surface area contributed by atoms with Gasteiger partial charge < -0.3 is 8.94 Å². The quantitative estimate of drug-likeness (QED) is 0.726. The molecule has 0 saturated heterocycles. The number of aryl methyl sites for hydroxylation is 4. The van der Waals surface area contributed by atoms with Crippen LogP contribution < -0.4 is 0 Å². The number of hydrogen-bond acceptors (Lipinski definition) is 6. The third kappa shape index (κ3) is 2.78. The highest BCUT2D eigenvalue weighted by Gasteiger charge is 2.28. The van der Waals surface area contributed by atoms with Crippen molar-refractivity contribution in [2.24, 2.45) is 0 Å². The Morgan fingerprint density at radius 1 is 1.24 bits per heavy atom. The molecular formula is C18H23N5O2. The second-order valence-electron chi connectivity index (χ2n) is 6.63. The molecule has 7 nitrogen and oxygen atoms in total. The molecule has 3 aromatic rings. The van der Waals surface area contributed by atoms with E-state index in [1.807, 2.05) is 20.8 Å². The molecule has 0 saturated carbocycles. The lowest BCUT2D eigenvalue weighted by molar-refractivity contribution is 0.240. The van der Waals surface area contributed by atoms with Crippen LogP contribution in [-0.2, 0) is 26.1 Å². The van der Waals surface area contributed by atoms with Crippen LogP contribution in [0, 0.1) is 20.8 Å². The van der Waals surface area contributed by atoms with Crippen LogP contribution >= 0.6 is 0 Å². The maximum atomic E-state index is 5.74. The summed E-state index contributed by atoms with van der Waals surface area (Å²) in [5.41, 5.74) is 5.54. The van der Waals surface area contributed by atoms with Gasteiger partial charge in [0.15, 0.2) is 5.69 Å². The van der Waals surface area contributed by atoms with Crippen LogP contribution in [0.2, 0.25) is 0 Å². The zero-order valence-electron chi connectivity index (χ0n) is 15.2. The summed E-state index contributed by atoms with van der Waals surface area (Å²) in [5, 5.41) is 8.83. The van der Waals surface area contributed by atoms with Crippen molar-refractivity contribution in [3.05, 3.63) is 40.2 Å². The Kier molecular flexibility index (Phi) is 3.95. The molecule has 0 amide bonds. The fourth-order valence-electron chi connectivity index (χ4n) is 3.53. The number of nitrogens with zero attached hydrogens (tertiary/aromatic N) is 5. The molecule has 7 heteroatoms. The molecule has 132 valence electrons. The van der Waals surface area contributed by atoms with Gasteiger partial charge in [-0.3, -0.25) is 9.58 Å². The molecule has 3 aromatic heterocycles. The van der Waals surface area contributed by atoms with E-state index in [1.165, 1.54) is 16.8 Å². The standard InChI is InChI=1S/C18H23N5O2/c1-5-23-16-6-7-22(9-14-12(3)21-25-13(14)4)10-15(16)17(20-23)18-19-8-11(2)24-18/h8H,5-7,9-10H2,1-4H3. The first kappa shape index (κ1) is 16.1. The second kappa shape index (κ2) is 6.15. The Morgan fingerprint density at radius 3 is 2.72 bits per heavy atom. The predicted octanol–water partition coefficient (Wildman–Crippen LogP) is 3.03. The lowest BCUT2D eigenvalue weighted by Gasteiger charge is -2.27. The van der Waals surface area contributed by atoms with E-state index < -0.39 is 0 Å². The van der Waals surface area contributed by atoms with Gasteiger partial charge in [-0.05, 0) is 27.7 Å². The summed E-state index contributed by atoms with van der Waals surface area (Å²) in [5.74, 6) is 2.31. The first-order valence-corrected chi connectivity index (χ1v) is 8.72. The van der Waals surface area contributed by atoms with Crippen molar-refractivity contribution in [3.63, 3.8) is 0 Å². The number of oxazole rings is 1. The van der Waals surface area contributed by atoms with Crippen molar-refractivity contribution < 1.29 is 8.94 Å². The largest absolute Gasteiger partial charge is 0.440 e. The van der Waals surface area contributed by atoms with E-state index in [4.69, 9.17) is 14.0 Å². The number of rotatable bonds is 4. The van der Waals surface area contributed by atoms with E-state index in [1.54, 1.807) is 6.20 Å². The van der Waals surface area contributed by atoms with Crippen molar-refractivity contribution in [1.82, 2.24) is 24.8 Å². The molecule has 0 N–H and O–H groups in total. The van der Waals surface area contributed by atoms with Crippen molar-refractivity contribution >= 4 is 0 Å². The highest BCUT2D eigenvalue weighted by Crippen LogP contribution is 2.31. The lowest BCUT2D eigenvalue weighted by atomic mass is 10.0. The van der Waals surface area contributed by atoms with E-state index in [0.29, 0.717) is 5.89 Å². The molecule has 0 atom stereocenters. The van der Waals surface area contributed by atoms with E-state index in [2.05, 4.69) is 26.6 Å². The SMILES string of the molecule is CCn1nc(-c2ncc(C)o2)c2c1CCN(Cc1c(C)noc1C)C2. The molecular weight excluding hydrogens is 318 g/mol. The van der Waals surface area contributed by atoms with Gasteiger partial charge in [0.1, 0.15) is 11.5 Å². The van der Waals surface area contributed by atoms with Gasteiger partial charge in [0.2, 0.25) is 5.89 Å². The zero-order chi connectivity index (χ0) is 17.6. The molecule has 1 aliphatic rings. The van der Waals surface area contributed by atoms with Gasteiger partial charge in [-0.25, -0.2) is 4.98 Å². The molecule has 0 unspecified atom stereocenters. The van der Waals surface area contributed by atoms with Gasteiger partial charge in [0.25, 0.3) is 0 Å². The number of hydrogen-bond donors (Lipinski definition) is 0. The normalized spacial score (nSPS) is 14.9. The number of aromatic nitrogens is 4. The van der Waals surface area contributed by atoms with Crippen LogP contribution in [0.25, 0.3) is 11.6 Å². The molecule has 4 rings (SSSR count). The third-order valence-electron chi connectivity index (χ3n) is 4.90. The highest BCUT2D eigenvalue weighted by molar-refractivity contribution is 5.55. The van der Waals surface area contributed by atoms with Crippen LogP contribution in [-0.4, -0.2) is 31.4 Å². The van der Waals surface area contributed by atoms with Gasteiger partial charge in [0.05, 0.1) is 11.9 Å². The van der Waals surface area contributed by atoms with Gasteiger partial charge in [0, 0.05) is 49.4 Å². The summed E-state index contributed by atoms with van der Waals surface area (Å²) >= 11 is 0. The van der Waals surface area contributed by atoms with Crippen molar-refractivity contribution in [2.45, 2.75) is 53.8 Å². The maximum absolute atomic E-state index is 5.74. The lowest BCUT2D eigenvalue weighted by Crippen LogP contribution is -2.31. The summed E-state index contributed by atoms with van der Waals surface area (Å²) < 4.78 is 13.1. The Morgan fingerprint density at radius 2 is 2.08 bits per heavy atom. The Labute approximate surface area is 146 Å². The summed E-state index contributed by atoms with van der Waals surface area (Å²) in [7, 11) is 0. The summed E-state index contributed by atoms with van der Waals surface area (Å²) in [4.78, 5) is 6.80. The average molecular weight is 341 g/mol. The summed E-state index contributed by atoms with van der Waals surface area (Å²) in [6, 6.07) is 0. The summed E-state index contributed by atoms with van der Waals surface area (Å²) in [6.07, 6.45) is 2.72. The minimum absolute atomic E-state index is 0.611.